The Hall–Kier alpha value is -1.08. The molecule has 0 saturated carbocycles. The fourth-order valence-electron chi connectivity index (χ4n) is 1.65. The van der Waals surface area contributed by atoms with Gasteiger partial charge in [0.2, 0.25) is 5.91 Å². The summed E-state index contributed by atoms with van der Waals surface area (Å²) in [4.78, 5) is 11.1. The van der Waals surface area contributed by atoms with Gasteiger partial charge in [-0.2, -0.15) is 5.10 Å². The first-order chi connectivity index (χ1) is 8.63. The number of carbonyl (C=O) groups excluding carboxylic acids is 1. The van der Waals surface area contributed by atoms with Crippen molar-refractivity contribution in [3.8, 4) is 11.3 Å². The van der Waals surface area contributed by atoms with E-state index >= 15 is 0 Å². The number of anilines is 1. The van der Waals surface area contributed by atoms with E-state index < -0.39 is 0 Å². The molecule has 2 aromatic rings. The first-order valence-corrected chi connectivity index (χ1v) is 7.19. The van der Waals surface area contributed by atoms with Crippen LogP contribution in [0.3, 0.4) is 0 Å². The van der Waals surface area contributed by atoms with Gasteiger partial charge in [0.15, 0.2) is 5.82 Å². The van der Waals surface area contributed by atoms with Crippen molar-refractivity contribution in [1.82, 2.24) is 10.2 Å². The minimum Gasteiger partial charge on any atom is -0.309 e. The largest absolute Gasteiger partial charge is 0.309 e. The monoisotopic (exact) mass is 375 g/mol. The fraction of sp³-hybridized carbons (Fsp3) is 0.167. The van der Waals surface area contributed by atoms with E-state index in [2.05, 4.69) is 38.1 Å². The van der Waals surface area contributed by atoms with Gasteiger partial charge in [0.05, 0.1) is 5.69 Å². The lowest BCUT2D eigenvalue weighted by Crippen LogP contribution is -2.07. The molecule has 1 aromatic heterocycles. The molecule has 0 unspecified atom stereocenters. The zero-order valence-corrected chi connectivity index (χ0v) is 12.5. The molecule has 0 atom stereocenters. The number of amides is 1. The number of aromatic amines is 1. The molecule has 0 aliphatic rings. The Balaban J connectivity index is 2.49. The van der Waals surface area contributed by atoms with Crippen molar-refractivity contribution in [3.63, 3.8) is 0 Å². The maximum atomic E-state index is 11.1. The van der Waals surface area contributed by atoms with E-state index in [0.717, 1.165) is 21.2 Å². The number of hydrogen-bond donors (Lipinski definition) is 2. The predicted molar refractivity (Wildman–Crippen MR) is 81.1 cm³/mol. The second-order valence-electron chi connectivity index (χ2n) is 3.72. The van der Waals surface area contributed by atoms with E-state index in [1.54, 1.807) is 0 Å². The summed E-state index contributed by atoms with van der Waals surface area (Å²) < 4.78 is 0.727. The van der Waals surface area contributed by atoms with Gasteiger partial charge in [-0.05, 0) is 6.07 Å². The number of benzene rings is 1. The molecule has 0 fully saturated rings. The minimum absolute atomic E-state index is 0.140. The van der Waals surface area contributed by atoms with Crippen LogP contribution in [0.25, 0.3) is 11.3 Å². The Morgan fingerprint density at radius 2 is 2.22 bits per heavy atom. The van der Waals surface area contributed by atoms with Gasteiger partial charge in [0.1, 0.15) is 0 Å². The minimum atomic E-state index is -0.140. The maximum absolute atomic E-state index is 11.1. The van der Waals surface area contributed by atoms with Gasteiger partial charge >= 0.3 is 0 Å². The molecule has 0 aliphatic heterocycles. The average Bonchev–Trinajstić information content (AvgIpc) is 2.71. The zero-order valence-electron chi connectivity index (χ0n) is 9.63. The molecular weight excluding hydrogens is 365 g/mol. The summed E-state index contributed by atoms with van der Waals surface area (Å²) in [6.45, 7) is 1.46. The maximum Gasteiger partial charge on any atom is 0.222 e. The van der Waals surface area contributed by atoms with Gasteiger partial charge in [-0.25, -0.2) is 0 Å². The Kier molecular flexibility index (Phi) is 4.23. The molecule has 0 aliphatic carbocycles. The number of H-pyrrole nitrogens is 1. The lowest BCUT2D eigenvalue weighted by Gasteiger charge is -2.04. The normalized spacial score (nSPS) is 10.4. The van der Waals surface area contributed by atoms with Gasteiger partial charge in [-0.1, -0.05) is 52.4 Å². The van der Waals surface area contributed by atoms with Gasteiger partial charge < -0.3 is 5.32 Å². The van der Waals surface area contributed by atoms with Gasteiger partial charge in [0, 0.05) is 27.5 Å². The molecule has 0 radical (unpaired) electrons. The highest BCUT2D eigenvalue weighted by Crippen LogP contribution is 2.33. The summed E-state index contributed by atoms with van der Waals surface area (Å²) in [7, 11) is 0. The van der Waals surface area contributed by atoms with Crippen LogP contribution in [-0.4, -0.2) is 16.1 Å². The molecule has 18 heavy (non-hydrogen) atoms. The second-order valence-corrected chi connectivity index (χ2v) is 4.89. The molecule has 1 heterocycles. The number of rotatable bonds is 3. The van der Waals surface area contributed by atoms with E-state index in [-0.39, 0.29) is 5.91 Å². The van der Waals surface area contributed by atoms with Crippen molar-refractivity contribution in [2.45, 2.75) is 11.4 Å². The quantitative estimate of drug-likeness (QED) is 0.636. The topological polar surface area (TPSA) is 57.8 Å². The van der Waals surface area contributed by atoms with E-state index in [4.69, 9.17) is 11.6 Å². The third-order valence-electron chi connectivity index (χ3n) is 2.44. The summed E-state index contributed by atoms with van der Waals surface area (Å²) in [6, 6.07) is 7.54. The standard InChI is InChI=1S/C12H11ClIN3O/c1-7(18)15-12-9(6-14)11(16-17-12)8-4-2-3-5-10(8)13/h2-5H,6H2,1H3,(H2,15,16,17,18). The smallest absolute Gasteiger partial charge is 0.222 e. The number of halogens is 2. The molecule has 1 aromatic carbocycles. The number of alkyl halides is 1. The molecule has 0 spiro atoms. The Morgan fingerprint density at radius 1 is 1.50 bits per heavy atom. The second kappa shape index (κ2) is 5.71. The van der Waals surface area contributed by atoms with Crippen LogP contribution in [-0.2, 0) is 9.22 Å². The molecule has 2 N–H and O–H groups in total. The number of aromatic nitrogens is 2. The average molecular weight is 376 g/mol. The molecule has 2 rings (SSSR count). The van der Waals surface area contributed by atoms with Crippen LogP contribution < -0.4 is 5.32 Å². The lowest BCUT2D eigenvalue weighted by molar-refractivity contribution is -0.114. The predicted octanol–water partition coefficient (Wildman–Crippen LogP) is 3.62. The summed E-state index contributed by atoms with van der Waals surface area (Å²) in [5.74, 6) is 0.421. The van der Waals surface area contributed by atoms with Crippen LogP contribution in [0.15, 0.2) is 24.3 Å². The number of nitrogens with zero attached hydrogens (tertiary/aromatic N) is 1. The van der Waals surface area contributed by atoms with Crippen molar-refractivity contribution >= 4 is 45.9 Å². The van der Waals surface area contributed by atoms with E-state index in [9.17, 15) is 4.79 Å². The number of hydrogen-bond acceptors (Lipinski definition) is 2. The van der Waals surface area contributed by atoms with Crippen molar-refractivity contribution < 1.29 is 4.79 Å². The van der Waals surface area contributed by atoms with E-state index in [1.807, 2.05) is 24.3 Å². The van der Waals surface area contributed by atoms with E-state index in [1.165, 1.54) is 6.92 Å². The third kappa shape index (κ3) is 2.67. The summed E-state index contributed by atoms with van der Waals surface area (Å²) in [5, 5.41) is 10.4. The highest BCUT2D eigenvalue weighted by Gasteiger charge is 2.16. The zero-order chi connectivity index (χ0) is 13.1. The Bertz CT molecular complexity index is 582. The summed E-state index contributed by atoms with van der Waals surface area (Å²) >= 11 is 8.40. The van der Waals surface area contributed by atoms with Crippen molar-refractivity contribution in [2.75, 3.05) is 5.32 Å². The molecule has 0 saturated heterocycles. The number of nitrogens with one attached hydrogen (secondary N) is 2. The van der Waals surface area contributed by atoms with Gasteiger partial charge in [0.25, 0.3) is 0 Å². The highest BCUT2D eigenvalue weighted by atomic mass is 127. The Morgan fingerprint density at radius 3 is 2.83 bits per heavy atom. The fourth-order valence-corrected chi connectivity index (χ4v) is 2.63. The van der Waals surface area contributed by atoms with Crippen molar-refractivity contribution in [3.05, 3.63) is 34.9 Å². The third-order valence-corrected chi connectivity index (χ3v) is 3.53. The molecule has 94 valence electrons. The first-order valence-electron chi connectivity index (χ1n) is 5.29. The van der Waals surface area contributed by atoms with E-state index in [0.29, 0.717) is 10.8 Å². The molecule has 1 amide bonds. The first kappa shape index (κ1) is 13.4. The molecule has 0 bridgehead atoms. The SMILES string of the molecule is CC(=O)Nc1n[nH]c(-c2ccccc2Cl)c1CI. The van der Waals surface area contributed by atoms with Crippen LogP contribution in [0.4, 0.5) is 5.82 Å². The Labute approximate surface area is 123 Å². The lowest BCUT2D eigenvalue weighted by atomic mass is 10.1. The van der Waals surface area contributed by atoms with Crippen LogP contribution in [0.2, 0.25) is 5.02 Å². The van der Waals surface area contributed by atoms with Crippen molar-refractivity contribution in [1.29, 1.82) is 0 Å². The summed E-state index contributed by atoms with van der Waals surface area (Å²) in [5.41, 5.74) is 2.67. The number of carbonyl (C=O) groups is 1. The summed E-state index contributed by atoms with van der Waals surface area (Å²) in [6.07, 6.45) is 0. The highest BCUT2D eigenvalue weighted by molar-refractivity contribution is 14.1. The molecular formula is C12H11ClIN3O. The van der Waals surface area contributed by atoms with Crippen LogP contribution in [0.5, 0.6) is 0 Å². The van der Waals surface area contributed by atoms with Crippen LogP contribution >= 0.6 is 34.2 Å². The van der Waals surface area contributed by atoms with Crippen LogP contribution in [0.1, 0.15) is 12.5 Å². The van der Waals surface area contributed by atoms with Crippen LogP contribution in [0, 0.1) is 0 Å². The van der Waals surface area contributed by atoms with Gasteiger partial charge in [-0.15, -0.1) is 0 Å². The van der Waals surface area contributed by atoms with Crippen molar-refractivity contribution in [2.24, 2.45) is 0 Å². The molecule has 6 heteroatoms. The molecule has 4 nitrogen and oxygen atoms in total. The van der Waals surface area contributed by atoms with Gasteiger partial charge in [-0.3, -0.25) is 9.89 Å².